The van der Waals surface area contributed by atoms with Crippen molar-refractivity contribution in [3.8, 4) is 0 Å². The van der Waals surface area contributed by atoms with Crippen molar-refractivity contribution >= 4 is 12.0 Å². The number of hydrogen-bond acceptors (Lipinski definition) is 3. The maximum absolute atomic E-state index is 11.4. The molecule has 0 bridgehead atoms. The van der Waals surface area contributed by atoms with E-state index in [-0.39, 0.29) is 12.5 Å². The van der Waals surface area contributed by atoms with Crippen LogP contribution in [-0.2, 0) is 9.53 Å². The van der Waals surface area contributed by atoms with Crippen LogP contribution in [0.3, 0.4) is 0 Å². The number of carbonyl (C=O) groups is 2. The molecule has 0 aliphatic heterocycles. The van der Waals surface area contributed by atoms with Crippen molar-refractivity contribution in [2.75, 3.05) is 26.3 Å². The maximum Gasteiger partial charge on any atom is 0.314 e. The van der Waals surface area contributed by atoms with Gasteiger partial charge in [0.1, 0.15) is 0 Å². The first-order valence-corrected chi connectivity index (χ1v) is 7.41. The fourth-order valence-electron chi connectivity index (χ4n) is 2.00. The van der Waals surface area contributed by atoms with Crippen LogP contribution in [0.4, 0.5) is 4.79 Å². The molecule has 0 saturated heterocycles. The first-order chi connectivity index (χ1) is 9.60. The summed E-state index contributed by atoms with van der Waals surface area (Å²) in [6.07, 6.45) is 3.73. The Morgan fingerprint density at radius 1 is 1.10 bits per heavy atom. The summed E-state index contributed by atoms with van der Waals surface area (Å²) >= 11 is 0. The zero-order valence-electron chi connectivity index (χ0n) is 12.6. The quantitative estimate of drug-likeness (QED) is 0.479. The summed E-state index contributed by atoms with van der Waals surface area (Å²) in [5.74, 6) is -0.396. The van der Waals surface area contributed by atoms with Gasteiger partial charge in [-0.15, -0.1) is 0 Å². The monoisotopic (exact) mass is 288 g/mol. The van der Waals surface area contributed by atoms with E-state index in [4.69, 9.17) is 9.84 Å². The molecule has 0 aromatic carbocycles. The first-order valence-electron chi connectivity index (χ1n) is 7.41. The van der Waals surface area contributed by atoms with Crippen molar-refractivity contribution in [3.05, 3.63) is 0 Å². The van der Waals surface area contributed by atoms with Gasteiger partial charge in [0.15, 0.2) is 0 Å². The Bertz CT molecular complexity index is 272. The van der Waals surface area contributed by atoms with Crippen molar-refractivity contribution in [2.45, 2.75) is 46.0 Å². The molecule has 6 nitrogen and oxygen atoms in total. The fourth-order valence-corrected chi connectivity index (χ4v) is 2.00. The second-order valence-corrected chi connectivity index (χ2v) is 4.76. The lowest BCUT2D eigenvalue weighted by atomic mass is 9.94. The molecule has 0 rings (SSSR count). The van der Waals surface area contributed by atoms with Crippen LogP contribution >= 0.6 is 0 Å². The van der Waals surface area contributed by atoms with Gasteiger partial charge in [0.05, 0.1) is 6.61 Å². The smallest absolute Gasteiger partial charge is 0.314 e. The molecule has 0 saturated carbocycles. The molecule has 2 amide bonds. The predicted octanol–water partition coefficient (Wildman–Crippen LogP) is 1.99. The van der Waals surface area contributed by atoms with E-state index in [0.717, 1.165) is 19.3 Å². The molecule has 0 spiro atoms. The number of hydrogen-bond donors (Lipinski definition) is 3. The van der Waals surface area contributed by atoms with Crippen LogP contribution in [0.5, 0.6) is 0 Å². The zero-order valence-corrected chi connectivity index (χ0v) is 12.6. The molecular formula is C14H28N2O4. The molecule has 6 heteroatoms. The molecule has 3 N–H and O–H groups in total. The third-order valence-corrected chi connectivity index (χ3v) is 3.04. The van der Waals surface area contributed by atoms with E-state index in [9.17, 15) is 9.59 Å². The Balaban J connectivity index is 3.69. The molecule has 0 aromatic heterocycles. The SMILES string of the molecule is CCCC(CCNC(=O)NCCOCC)CCC(=O)O. The van der Waals surface area contributed by atoms with Gasteiger partial charge in [0, 0.05) is 26.1 Å². The van der Waals surface area contributed by atoms with Gasteiger partial charge in [0.25, 0.3) is 0 Å². The lowest BCUT2D eigenvalue weighted by Crippen LogP contribution is -2.38. The summed E-state index contributed by atoms with van der Waals surface area (Å²) in [4.78, 5) is 22.0. The second-order valence-electron chi connectivity index (χ2n) is 4.76. The molecular weight excluding hydrogens is 260 g/mol. The van der Waals surface area contributed by atoms with E-state index in [1.54, 1.807) is 0 Å². The summed E-state index contributed by atoms with van der Waals surface area (Å²) in [5.41, 5.74) is 0. The van der Waals surface area contributed by atoms with Gasteiger partial charge in [-0.05, 0) is 25.7 Å². The molecule has 118 valence electrons. The van der Waals surface area contributed by atoms with Crippen molar-refractivity contribution in [1.29, 1.82) is 0 Å². The summed E-state index contributed by atoms with van der Waals surface area (Å²) in [6.45, 7) is 6.22. The minimum Gasteiger partial charge on any atom is -0.481 e. The fraction of sp³-hybridized carbons (Fsp3) is 0.857. The average molecular weight is 288 g/mol. The summed E-state index contributed by atoms with van der Waals surface area (Å²) < 4.78 is 5.11. The average Bonchev–Trinajstić information content (AvgIpc) is 2.41. The standard InChI is InChI=1S/C14H28N2O4/c1-3-5-12(6-7-13(17)18)8-9-15-14(19)16-10-11-20-4-2/h12H,3-11H2,1-2H3,(H,17,18)(H2,15,16,19). The lowest BCUT2D eigenvalue weighted by molar-refractivity contribution is -0.137. The van der Waals surface area contributed by atoms with Gasteiger partial charge < -0.3 is 20.5 Å². The highest BCUT2D eigenvalue weighted by Gasteiger charge is 2.10. The number of urea groups is 1. The van der Waals surface area contributed by atoms with Crippen LogP contribution in [0.1, 0.15) is 46.0 Å². The Morgan fingerprint density at radius 3 is 2.40 bits per heavy atom. The summed E-state index contributed by atoms with van der Waals surface area (Å²) in [5, 5.41) is 14.2. The normalized spacial score (nSPS) is 11.9. The van der Waals surface area contributed by atoms with Crippen LogP contribution in [0, 0.1) is 5.92 Å². The Morgan fingerprint density at radius 2 is 1.80 bits per heavy atom. The number of aliphatic carboxylic acids is 1. The number of carboxylic acid groups (broad SMARTS) is 1. The molecule has 1 atom stereocenters. The first kappa shape index (κ1) is 18.7. The van der Waals surface area contributed by atoms with Gasteiger partial charge in [0.2, 0.25) is 0 Å². The maximum atomic E-state index is 11.4. The number of carbonyl (C=O) groups excluding carboxylic acids is 1. The molecule has 0 heterocycles. The molecule has 1 unspecified atom stereocenters. The number of ether oxygens (including phenoxy) is 1. The molecule has 0 radical (unpaired) electrons. The molecule has 0 fully saturated rings. The third kappa shape index (κ3) is 11.8. The molecule has 0 aliphatic rings. The number of nitrogens with one attached hydrogen (secondary N) is 2. The topological polar surface area (TPSA) is 87.7 Å². The van der Waals surface area contributed by atoms with Crippen LogP contribution in [0.25, 0.3) is 0 Å². The van der Waals surface area contributed by atoms with Crippen molar-refractivity contribution in [1.82, 2.24) is 10.6 Å². The van der Waals surface area contributed by atoms with Crippen LogP contribution < -0.4 is 10.6 Å². The third-order valence-electron chi connectivity index (χ3n) is 3.04. The number of amides is 2. The molecule has 0 aromatic rings. The number of carboxylic acids is 1. The zero-order chi connectivity index (χ0) is 15.2. The van der Waals surface area contributed by atoms with Crippen molar-refractivity contribution in [2.24, 2.45) is 5.92 Å². The van der Waals surface area contributed by atoms with Crippen LogP contribution in [0.2, 0.25) is 0 Å². The Hall–Kier alpha value is -1.30. The van der Waals surface area contributed by atoms with Crippen molar-refractivity contribution < 1.29 is 19.4 Å². The number of rotatable bonds is 12. The highest BCUT2D eigenvalue weighted by Crippen LogP contribution is 2.16. The van der Waals surface area contributed by atoms with Crippen LogP contribution in [-0.4, -0.2) is 43.4 Å². The van der Waals surface area contributed by atoms with Gasteiger partial charge in [-0.3, -0.25) is 4.79 Å². The van der Waals surface area contributed by atoms with Crippen molar-refractivity contribution in [3.63, 3.8) is 0 Å². The van der Waals surface area contributed by atoms with Gasteiger partial charge in [-0.25, -0.2) is 4.79 Å². The van der Waals surface area contributed by atoms with E-state index in [1.165, 1.54) is 0 Å². The summed E-state index contributed by atoms with van der Waals surface area (Å²) in [6, 6.07) is -0.196. The molecule has 20 heavy (non-hydrogen) atoms. The van der Waals surface area contributed by atoms with Crippen LogP contribution in [0.15, 0.2) is 0 Å². The Labute approximate surface area is 121 Å². The predicted molar refractivity (Wildman–Crippen MR) is 77.8 cm³/mol. The second kappa shape index (κ2) is 12.7. The largest absolute Gasteiger partial charge is 0.481 e. The van der Waals surface area contributed by atoms with Gasteiger partial charge in [-0.2, -0.15) is 0 Å². The minimum absolute atomic E-state index is 0.196. The minimum atomic E-state index is -0.757. The van der Waals surface area contributed by atoms with E-state index in [1.807, 2.05) is 6.92 Å². The van der Waals surface area contributed by atoms with Gasteiger partial charge in [-0.1, -0.05) is 19.8 Å². The van der Waals surface area contributed by atoms with E-state index < -0.39 is 5.97 Å². The molecule has 0 aliphatic carbocycles. The van der Waals surface area contributed by atoms with E-state index in [0.29, 0.717) is 38.6 Å². The Kier molecular flexibility index (Phi) is 11.9. The van der Waals surface area contributed by atoms with E-state index in [2.05, 4.69) is 17.6 Å². The summed E-state index contributed by atoms with van der Waals surface area (Å²) in [7, 11) is 0. The van der Waals surface area contributed by atoms with Gasteiger partial charge >= 0.3 is 12.0 Å². The highest BCUT2D eigenvalue weighted by molar-refractivity contribution is 5.73. The highest BCUT2D eigenvalue weighted by atomic mass is 16.5. The lowest BCUT2D eigenvalue weighted by Gasteiger charge is -2.15. The van der Waals surface area contributed by atoms with E-state index >= 15 is 0 Å².